The molecule has 1 aromatic carbocycles. The number of benzene rings is 1. The van der Waals surface area contributed by atoms with E-state index < -0.39 is 11.7 Å². The van der Waals surface area contributed by atoms with E-state index in [1.165, 1.54) is 12.3 Å². The number of likely N-dealkylation sites (tertiary alicyclic amines) is 1. The lowest BCUT2D eigenvalue weighted by Crippen LogP contribution is -2.45. The number of amides is 1. The fraction of sp³-hybridized carbons (Fsp3) is 0.565. The fourth-order valence-electron chi connectivity index (χ4n) is 4.50. The predicted octanol–water partition coefficient (Wildman–Crippen LogP) is 4.03. The van der Waals surface area contributed by atoms with Gasteiger partial charge in [0.15, 0.2) is 5.69 Å². The van der Waals surface area contributed by atoms with Crippen LogP contribution in [-0.2, 0) is 19.3 Å². The highest BCUT2D eigenvalue weighted by atomic mass is 19.4. The van der Waals surface area contributed by atoms with E-state index in [9.17, 15) is 18.0 Å². The number of piperidine rings is 1. The Morgan fingerprint density at radius 3 is 2.44 bits per heavy atom. The van der Waals surface area contributed by atoms with Crippen molar-refractivity contribution in [3.05, 3.63) is 53.2 Å². The van der Waals surface area contributed by atoms with Gasteiger partial charge in [0.2, 0.25) is 5.89 Å². The molecule has 0 bridgehead atoms. The molecule has 4 rings (SSSR count). The Balaban J connectivity index is 1.29. The van der Waals surface area contributed by atoms with E-state index in [2.05, 4.69) is 16.8 Å². The van der Waals surface area contributed by atoms with Gasteiger partial charge in [-0.25, -0.2) is 4.98 Å². The number of oxazole rings is 1. The van der Waals surface area contributed by atoms with Crippen molar-refractivity contribution >= 4 is 5.91 Å². The minimum atomic E-state index is -4.34. The molecule has 32 heavy (non-hydrogen) atoms. The molecule has 6 nitrogen and oxygen atoms in total. The van der Waals surface area contributed by atoms with Gasteiger partial charge in [-0.1, -0.05) is 18.2 Å². The summed E-state index contributed by atoms with van der Waals surface area (Å²) in [5.74, 6) is 0.411. The molecule has 2 aromatic rings. The van der Waals surface area contributed by atoms with Gasteiger partial charge in [0, 0.05) is 45.3 Å². The van der Waals surface area contributed by atoms with Gasteiger partial charge in [-0.15, -0.1) is 0 Å². The van der Waals surface area contributed by atoms with Crippen LogP contribution in [0.25, 0.3) is 0 Å². The monoisotopic (exact) mass is 450 g/mol. The van der Waals surface area contributed by atoms with Crippen LogP contribution in [0.4, 0.5) is 13.2 Å². The Kier molecular flexibility index (Phi) is 6.85. The van der Waals surface area contributed by atoms with Gasteiger partial charge in [-0.2, -0.15) is 13.2 Å². The highest BCUT2D eigenvalue weighted by Crippen LogP contribution is 2.32. The van der Waals surface area contributed by atoms with Crippen molar-refractivity contribution < 1.29 is 22.4 Å². The molecule has 0 N–H and O–H groups in total. The highest BCUT2D eigenvalue weighted by molar-refractivity contribution is 5.92. The summed E-state index contributed by atoms with van der Waals surface area (Å²) < 4.78 is 45.3. The van der Waals surface area contributed by atoms with Crippen molar-refractivity contribution in [3.8, 4) is 0 Å². The molecule has 2 saturated heterocycles. The molecule has 1 aromatic heterocycles. The molecular weight excluding hydrogens is 421 g/mol. The lowest BCUT2D eigenvalue weighted by Gasteiger charge is -2.34. The minimum absolute atomic E-state index is 0.0830. The Morgan fingerprint density at radius 2 is 1.75 bits per heavy atom. The van der Waals surface area contributed by atoms with Crippen LogP contribution in [0.5, 0.6) is 0 Å². The maximum absolute atomic E-state index is 13.2. The first-order chi connectivity index (χ1) is 15.3. The summed E-state index contributed by atoms with van der Waals surface area (Å²) in [6.45, 7) is 6.28. The molecule has 1 amide bonds. The van der Waals surface area contributed by atoms with Crippen molar-refractivity contribution in [2.24, 2.45) is 0 Å². The predicted molar refractivity (Wildman–Crippen MR) is 113 cm³/mol. The van der Waals surface area contributed by atoms with Crippen LogP contribution in [0, 0.1) is 0 Å². The third kappa shape index (κ3) is 5.32. The molecule has 1 atom stereocenters. The maximum atomic E-state index is 13.2. The zero-order valence-electron chi connectivity index (χ0n) is 18.3. The largest absolute Gasteiger partial charge is 0.447 e. The van der Waals surface area contributed by atoms with Gasteiger partial charge in [0.1, 0.15) is 6.26 Å². The van der Waals surface area contributed by atoms with Gasteiger partial charge in [-0.05, 0) is 37.8 Å². The first-order valence-corrected chi connectivity index (χ1v) is 11.2. The third-order valence-corrected chi connectivity index (χ3v) is 6.38. The van der Waals surface area contributed by atoms with E-state index in [4.69, 9.17) is 4.42 Å². The van der Waals surface area contributed by atoms with Crippen molar-refractivity contribution in [1.82, 2.24) is 19.7 Å². The number of rotatable bonds is 5. The third-order valence-electron chi connectivity index (χ3n) is 6.38. The fourth-order valence-corrected chi connectivity index (χ4v) is 4.50. The maximum Gasteiger partial charge on any atom is 0.416 e. The molecular formula is C23H29F3N4O2. The van der Waals surface area contributed by atoms with E-state index in [-0.39, 0.29) is 18.5 Å². The Bertz CT molecular complexity index is 922. The van der Waals surface area contributed by atoms with E-state index in [0.29, 0.717) is 49.9 Å². The number of hydrogen-bond acceptors (Lipinski definition) is 5. The van der Waals surface area contributed by atoms with Crippen LogP contribution in [0.2, 0.25) is 0 Å². The first kappa shape index (κ1) is 22.8. The van der Waals surface area contributed by atoms with Crippen LogP contribution in [0.1, 0.15) is 53.7 Å². The number of alkyl halides is 3. The van der Waals surface area contributed by atoms with Gasteiger partial charge in [0.25, 0.3) is 5.91 Å². The van der Waals surface area contributed by atoms with Crippen LogP contribution >= 0.6 is 0 Å². The molecule has 3 heterocycles. The van der Waals surface area contributed by atoms with E-state index in [1.54, 1.807) is 12.1 Å². The molecule has 0 aliphatic carbocycles. The molecule has 2 aliphatic heterocycles. The Hall–Kier alpha value is -2.39. The number of hydrogen-bond donors (Lipinski definition) is 0. The molecule has 0 spiro atoms. The summed E-state index contributed by atoms with van der Waals surface area (Å²) in [5, 5.41) is 0. The molecule has 0 saturated carbocycles. The second-order valence-corrected chi connectivity index (χ2v) is 8.68. The second kappa shape index (κ2) is 9.62. The average Bonchev–Trinajstić information content (AvgIpc) is 3.23. The zero-order valence-corrected chi connectivity index (χ0v) is 18.3. The number of piperazine rings is 1. The molecule has 2 aliphatic rings. The summed E-state index contributed by atoms with van der Waals surface area (Å²) in [6, 6.07) is 5.96. The summed E-state index contributed by atoms with van der Waals surface area (Å²) in [5.41, 5.74) is 0.0785. The topological polar surface area (TPSA) is 52.8 Å². The number of nitrogens with zero attached hydrogens (tertiary/aromatic N) is 4. The smallest absolute Gasteiger partial charge is 0.416 e. The zero-order chi connectivity index (χ0) is 22.7. The Morgan fingerprint density at radius 1 is 1.06 bits per heavy atom. The Labute approximate surface area is 186 Å². The summed E-state index contributed by atoms with van der Waals surface area (Å²) in [6.07, 6.45) is 0.253. The molecule has 1 unspecified atom stereocenters. The van der Waals surface area contributed by atoms with Gasteiger partial charge < -0.3 is 9.32 Å². The summed E-state index contributed by atoms with van der Waals surface area (Å²) >= 11 is 0. The summed E-state index contributed by atoms with van der Waals surface area (Å²) in [7, 11) is 0. The van der Waals surface area contributed by atoms with Crippen LogP contribution < -0.4 is 0 Å². The number of carbonyl (C=O) groups excluding carboxylic acids is 1. The normalized spacial score (nSPS) is 21.1. The standard InChI is InChI=1S/C23H29F3N4O2/c1-17-6-4-5-9-30(17)22(31)20-16-32-21(27-20)15-29-12-10-28(11-13-29)14-18-7-2-3-8-19(18)23(24,25)26/h2-3,7-8,16-17H,4-6,9-15H2,1H3. The van der Waals surface area contributed by atoms with E-state index in [1.807, 2.05) is 9.80 Å². The van der Waals surface area contributed by atoms with Gasteiger partial charge in [0.05, 0.1) is 12.1 Å². The van der Waals surface area contributed by atoms with Crippen molar-refractivity contribution in [1.29, 1.82) is 0 Å². The van der Waals surface area contributed by atoms with Crippen LogP contribution in [-0.4, -0.2) is 64.4 Å². The average molecular weight is 451 g/mol. The quantitative estimate of drug-likeness (QED) is 0.689. The van der Waals surface area contributed by atoms with Crippen LogP contribution in [0.15, 0.2) is 34.9 Å². The van der Waals surface area contributed by atoms with E-state index >= 15 is 0 Å². The van der Waals surface area contributed by atoms with Crippen molar-refractivity contribution in [2.75, 3.05) is 32.7 Å². The van der Waals surface area contributed by atoms with E-state index in [0.717, 1.165) is 31.9 Å². The highest BCUT2D eigenvalue weighted by Gasteiger charge is 2.33. The van der Waals surface area contributed by atoms with Crippen molar-refractivity contribution in [2.45, 2.75) is 51.5 Å². The number of carbonyl (C=O) groups is 1. The SMILES string of the molecule is CC1CCCCN1C(=O)c1coc(CN2CCN(Cc3ccccc3C(F)(F)F)CC2)n1. The lowest BCUT2D eigenvalue weighted by atomic mass is 10.0. The molecule has 0 radical (unpaired) electrons. The molecule has 174 valence electrons. The van der Waals surface area contributed by atoms with Gasteiger partial charge >= 0.3 is 6.18 Å². The number of halogens is 3. The molecule has 2 fully saturated rings. The first-order valence-electron chi connectivity index (χ1n) is 11.2. The van der Waals surface area contributed by atoms with Crippen LogP contribution in [0.3, 0.4) is 0 Å². The lowest BCUT2D eigenvalue weighted by molar-refractivity contribution is -0.138. The van der Waals surface area contributed by atoms with Gasteiger partial charge in [-0.3, -0.25) is 14.6 Å². The minimum Gasteiger partial charge on any atom is -0.447 e. The van der Waals surface area contributed by atoms with Crippen molar-refractivity contribution in [3.63, 3.8) is 0 Å². The molecule has 9 heteroatoms. The number of aromatic nitrogens is 1. The second-order valence-electron chi connectivity index (χ2n) is 8.68. The summed E-state index contributed by atoms with van der Waals surface area (Å²) in [4.78, 5) is 23.2.